The lowest BCUT2D eigenvalue weighted by atomic mass is 10.2. The van der Waals surface area contributed by atoms with Crippen molar-refractivity contribution in [1.29, 1.82) is 0 Å². The van der Waals surface area contributed by atoms with Gasteiger partial charge < -0.3 is 5.32 Å². The van der Waals surface area contributed by atoms with E-state index in [9.17, 15) is 4.79 Å². The van der Waals surface area contributed by atoms with Crippen molar-refractivity contribution in [3.63, 3.8) is 0 Å². The van der Waals surface area contributed by atoms with E-state index in [1.165, 1.54) is 0 Å². The molecule has 1 amide bonds. The van der Waals surface area contributed by atoms with Gasteiger partial charge in [-0.1, -0.05) is 0 Å². The lowest BCUT2D eigenvalue weighted by molar-refractivity contribution is 0.102. The van der Waals surface area contributed by atoms with Crippen molar-refractivity contribution >= 4 is 36.9 Å². The molecule has 0 aliphatic rings. The monoisotopic (exact) mass is 261 g/mol. The van der Waals surface area contributed by atoms with E-state index >= 15 is 0 Å². The third-order valence-corrected chi connectivity index (χ3v) is 2.85. The molecule has 0 saturated carbocycles. The van der Waals surface area contributed by atoms with E-state index < -0.39 is 0 Å². The third kappa shape index (κ3) is 3.28. The first-order valence-corrected chi connectivity index (χ1v) is 5.94. The summed E-state index contributed by atoms with van der Waals surface area (Å²) in [6.45, 7) is 0. The predicted octanol–water partition coefficient (Wildman–Crippen LogP) is 3.52. The summed E-state index contributed by atoms with van der Waals surface area (Å²) in [5.41, 5.74) is 1.36. The molecule has 1 N–H and O–H groups in total. The Balaban J connectivity index is 2.11. The van der Waals surface area contributed by atoms with E-state index in [0.29, 0.717) is 5.56 Å². The number of amides is 1. The van der Waals surface area contributed by atoms with Gasteiger partial charge in [0.25, 0.3) is 5.91 Å². The van der Waals surface area contributed by atoms with E-state index in [4.69, 9.17) is 0 Å². The second-order valence-corrected chi connectivity index (χ2v) is 4.58. The lowest BCUT2D eigenvalue weighted by Gasteiger charge is -2.05. The highest BCUT2D eigenvalue weighted by molar-refractivity contribution is 7.80. The molecule has 0 bridgehead atoms. The Morgan fingerprint density at radius 3 is 1.82 bits per heavy atom. The van der Waals surface area contributed by atoms with Gasteiger partial charge in [0, 0.05) is 21.0 Å². The highest BCUT2D eigenvalue weighted by Crippen LogP contribution is 2.14. The first-order chi connectivity index (χ1) is 8.15. The topological polar surface area (TPSA) is 29.1 Å². The van der Waals surface area contributed by atoms with Crippen molar-refractivity contribution < 1.29 is 4.79 Å². The molecule has 86 valence electrons. The van der Waals surface area contributed by atoms with Gasteiger partial charge in [-0.05, 0) is 48.5 Å². The van der Waals surface area contributed by atoms with Crippen LogP contribution in [0.25, 0.3) is 0 Å². The molecule has 4 heteroatoms. The zero-order chi connectivity index (χ0) is 12.3. The van der Waals surface area contributed by atoms with Crippen LogP contribution in [0.15, 0.2) is 58.3 Å². The van der Waals surface area contributed by atoms with Crippen LogP contribution in [-0.2, 0) is 0 Å². The Bertz CT molecular complexity index is 520. The van der Waals surface area contributed by atoms with Gasteiger partial charge in [-0.3, -0.25) is 4.79 Å². The molecular formula is C13H11NOS2. The molecule has 0 saturated heterocycles. The van der Waals surface area contributed by atoms with Crippen LogP contribution in [0.2, 0.25) is 0 Å². The summed E-state index contributed by atoms with van der Waals surface area (Å²) in [5.74, 6) is -0.134. The average molecular weight is 261 g/mol. The van der Waals surface area contributed by atoms with E-state index in [2.05, 4.69) is 30.6 Å². The van der Waals surface area contributed by atoms with Crippen molar-refractivity contribution in [2.45, 2.75) is 9.79 Å². The average Bonchev–Trinajstić information content (AvgIpc) is 2.33. The Morgan fingerprint density at radius 1 is 0.824 bits per heavy atom. The maximum atomic E-state index is 11.9. The predicted molar refractivity (Wildman–Crippen MR) is 75.3 cm³/mol. The van der Waals surface area contributed by atoms with Crippen LogP contribution in [0, 0.1) is 0 Å². The van der Waals surface area contributed by atoms with E-state index in [0.717, 1.165) is 15.5 Å². The number of nitrogens with one attached hydrogen (secondary N) is 1. The van der Waals surface area contributed by atoms with Gasteiger partial charge in [0.2, 0.25) is 0 Å². The quantitative estimate of drug-likeness (QED) is 0.709. The summed E-state index contributed by atoms with van der Waals surface area (Å²) >= 11 is 8.35. The Labute approximate surface area is 111 Å². The summed E-state index contributed by atoms with van der Waals surface area (Å²) in [5, 5.41) is 2.81. The number of benzene rings is 2. The highest BCUT2D eigenvalue weighted by Gasteiger charge is 2.05. The van der Waals surface area contributed by atoms with Gasteiger partial charge in [-0.2, -0.15) is 0 Å². The van der Waals surface area contributed by atoms with Crippen LogP contribution in [0.3, 0.4) is 0 Å². The van der Waals surface area contributed by atoms with Crippen LogP contribution in [0.4, 0.5) is 5.69 Å². The van der Waals surface area contributed by atoms with Gasteiger partial charge in [0.05, 0.1) is 0 Å². The summed E-state index contributed by atoms with van der Waals surface area (Å²) < 4.78 is 0. The van der Waals surface area contributed by atoms with Crippen molar-refractivity contribution in [3.05, 3.63) is 54.1 Å². The Hall–Kier alpha value is -1.39. The highest BCUT2D eigenvalue weighted by atomic mass is 32.1. The van der Waals surface area contributed by atoms with Crippen molar-refractivity contribution in [2.24, 2.45) is 0 Å². The number of carbonyl (C=O) groups excluding carboxylic acids is 1. The van der Waals surface area contributed by atoms with Crippen LogP contribution in [0.1, 0.15) is 10.4 Å². The molecule has 0 aliphatic carbocycles. The van der Waals surface area contributed by atoms with E-state index in [1.807, 2.05) is 24.3 Å². The lowest BCUT2D eigenvalue weighted by Crippen LogP contribution is -2.11. The molecule has 0 spiro atoms. The molecule has 2 rings (SSSR count). The molecule has 17 heavy (non-hydrogen) atoms. The molecule has 0 aromatic heterocycles. The largest absolute Gasteiger partial charge is 0.322 e. The molecule has 2 nitrogen and oxygen atoms in total. The minimum atomic E-state index is -0.134. The van der Waals surface area contributed by atoms with E-state index in [1.54, 1.807) is 24.3 Å². The molecular weight excluding hydrogens is 250 g/mol. The zero-order valence-corrected chi connectivity index (χ0v) is 10.7. The maximum absolute atomic E-state index is 11.9. The fourth-order valence-electron chi connectivity index (χ4n) is 1.36. The number of hydrogen-bond acceptors (Lipinski definition) is 3. The molecule has 0 aliphatic heterocycles. The first-order valence-electron chi connectivity index (χ1n) is 5.04. The summed E-state index contributed by atoms with van der Waals surface area (Å²) in [6.07, 6.45) is 0. The molecule has 0 atom stereocenters. The summed E-state index contributed by atoms with van der Waals surface area (Å²) in [7, 11) is 0. The number of thiol groups is 2. The maximum Gasteiger partial charge on any atom is 0.255 e. The third-order valence-electron chi connectivity index (χ3n) is 2.25. The fourth-order valence-corrected chi connectivity index (χ4v) is 1.66. The molecule has 0 unspecified atom stereocenters. The van der Waals surface area contributed by atoms with Crippen LogP contribution >= 0.6 is 25.3 Å². The Morgan fingerprint density at radius 2 is 1.29 bits per heavy atom. The molecule has 2 aromatic carbocycles. The van der Waals surface area contributed by atoms with Gasteiger partial charge >= 0.3 is 0 Å². The second-order valence-electron chi connectivity index (χ2n) is 3.55. The van der Waals surface area contributed by atoms with E-state index in [-0.39, 0.29) is 5.91 Å². The molecule has 0 radical (unpaired) electrons. The van der Waals surface area contributed by atoms with Gasteiger partial charge in [-0.25, -0.2) is 0 Å². The zero-order valence-electron chi connectivity index (χ0n) is 8.92. The van der Waals surface area contributed by atoms with Crippen molar-refractivity contribution in [3.8, 4) is 0 Å². The van der Waals surface area contributed by atoms with Crippen LogP contribution < -0.4 is 5.32 Å². The van der Waals surface area contributed by atoms with Gasteiger partial charge in [0.1, 0.15) is 0 Å². The van der Waals surface area contributed by atoms with Crippen LogP contribution in [0.5, 0.6) is 0 Å². The smallest absolute Gasteiger partial charge is 0.255 e. The molecule has 0 heterocycles. The number of anilines is 1. The van der Waals surface area contributed by atoms with Crippen molar-refractivity contribution in [2.75, 3.05) is 5.32 Å². The Kier molecular flexibility index (Phi) is 3.76. The number of hydrogen-bond donors (Lipinski definition) is 3. The van der Waals surface area contributed by atoms with Crippen molar-refractivity contribution in [1.82, 2.24) is 0 Å². The summed E-state index contributed by atoms with van der Waals surface area (Å²) in [4.78, 5) is 13.6. The molecule has 0 fully saturated rings. The van der Waals surface area contributed by atoms with Gasteiger partial charge in [-0.15, -0.1) is 25.3 Å². The SMILES string of the molecule is O=C(Nc1ccc(S)cc1)c1ccc(S)cc1. The normalized spacial score (nSPS) is 10.0. The standard InChI is InChI=1S/C13H11NOS2/c15-13(9-1-5-11(16)6-2-9)14-10-3-7-12(17)8-4-10/h1-8,16-17H,(H,14,15). The first kappa shape index (κ1) is 12.1. The van der Waals surface area contributed by atoms with Crippen LogP contribution in [-0.4, -0.2) is 5.91 Å². The second kappa shape index (κ2) is 5.29. The van der Waals surface area contributed by atoms with Gasteiger partial charge in [0.15, 0.2) is 0 Å². The summed E-state index contributed by atoms with van der Waals surface area (Å²) in [6, 6.07) is 14.3. The fraction of sp³-hybridized carbons (Fsp3) is 0. The minimum Gasteiger partial charge on any atom is -0.322 e. The number of carbonyl (C=O) groups is 1. The molecule has 2 aromatic rings. The minimum absolute atomic E-state index is 0.134. The number of rotatable bonds is 2.